The predicted molar refractivity (Wildman–Crippen MR) is 195 cm³/mol. The Morgan fingerprint density at radius 1 is 0.608 bits per heavy atom. The van der Waals surface area contributed by atoms with Crippen LogP contribution in [0, 0.1) is 5.82 Å². The second-order valence-electron chi connectivity index (χ2n) is 13.4. The van der Waals surface area contributed by atoms with Crippen molar-refractivity contribution in [3.8, 4) is 33.6 Å². The van der Waals surface area contributed by atoms with Gasteiger partial charge in [-0.15, -0.1) is 0 Å². The van der Waals surface area contributed by atoms with Crippen LogP contribution < -0.4 is 0 Å². The van der Waals surface area contributed by atoms with Crippen LogP contribution in [0.4, 0.5) is 4.39 Å². The highest BCUT2D eigenvalue weighted by atomic mass is 19.1. The SMILES string of the molecule is O=C(Cc1ccccc1)N1CCC[C@H]1c1ncc(-c2ccc(-c3ccc(-c4cnc([C@@H]5CCCN5C(=O)Cc5ccccc5F)[nH]4)cc3)cc2)[nH]1. The van der Waals surface area contributed by atoms with Crippen molar-refractivity contribution < 1.29 is 14.0 Å². The van der Waals surface area contributed by atoms with Crippen molar-refractivity contribution in [2.45, 2.75) is 50.6 Å². The smallest absolute Gasteiger partial charge is 0.227 e. The van der Waals surface area contributed by atoms with Crippen LogP contribution in [0.2, 0.25) is 0 Å². The zero-order valence-electron chi connectivity index (χ0n) is 28.3. The molecule has 4 aromatic carbocycles. The van der Waals surface area contributed by atoms with Crippen molar-refractivity contribution in [2.24, 2.45) is 0 Å². The fourth-order valence-electron chi connectivity index (χ4n) is 7.47. The Balaban J connectivity index is 0.910. The lowest BCUT2D eigenvalue weighted by Crippen LogP contribution is -2.32. The van der Waals surface area contributed by atoms with Gasteiger partial charge < -0.3 is 19.8 Å². The maximum absolute atomic E-state index is 14.2. The van der Waals surface area contributed by atoms with Crippen LogP contribution in [0.25, 0.3) is 33.6 Å². The topological polar surface area (TPSA) is 98.0 Å². The Hall–Kier alpha value is -5.83. The second kappa shape index (κ2) is 14.2. The minimum absolute atomic E-state index is 0.0381. The number of benzene rings is 4. The van der Waals surface area contributed by atoms with E-state index in [0.717, 1.165) is 83.1 Å². The van der Waals surface area contributed by atoms with Crippen LogP contribution in [0.3, 0.4) is 0 Å². The van der Waals surface area contributed by atoms with E-state index in [0.29, 0.717) is 18.5 Å². The number of amides is 2. The number of nitrogens with one attached hydrogen (secondary N) is 2. The van der Waals surface area contributed by atoms with E-state index in [1.54, 1.807) is 18.2 Å². The van der Waals surface area contributed by atoms with Crippen LogP contribution >= 0.6 is 0 Å². The summed E-state index contributed by atoms with van der Waals surface area (Å²) < 4.78 is 14.2. The highest BCUT2D eigenvalue weighted by Gasteiger charge is 2.33. The molecule has 2 atom stereocenters. The first-order valence-electron chi connectivity index (χ1n) is 17.7. The first kappa shape index (κ1) is 32.4. The van der Waals surface area contributed by atoms with E-state index in [1.165, 1.54) is 6.07 Å². The summed E-state index contributed by atoms with van der Waals surface area (Å²) in [6, 6.07) is 32.9. The van der Waals surface area contributed by atoms with Gasteiger partial charge in [0.1, 0.15) is 17.5 Å². The molecule has 0 unspecified atom stereocenters. The Morgan fingerprint density at radius 2 is 1.08 bits per heavy atom. The lowest BCUT2D eigenvalue weighted by Gasteiger charge is -2.23. The third-order valence-corrected chi connectivity index (χ3v) is 10.2. The number of aromatic amines is 2. The number of hydrogen-bond donors (Lipinski definition) is 2. The predicted octanol–water partition coefficient (Wildman–Crippen LogP) is 8.09. The summed E-state index contributed by atoms with van der Waals surface area (Å²) in [5.41, 5.74) is 7.49. The maximum atomic E-state index is 14.2. The summed E-state index contributed by atoms with van der Waals surface area (Å²) in [4.78, 5) is 46.4. The third kappa shape index (κ3) is 6.84. The summed E-state index contributed by atoms with van der Waals surface area (Å²) >= 11 is 0. The Morgan fingerprint density at radius 3 is 1.61 bits per heavy atom. The number of carbonyl (C=O) groups is 2. The zero-order chi connectivity index (χ0) is 34.7. The Labute approximate surface area is 296 Å². The molecule has 256 valence electrons. The normalized spacial score (nSPS) is 17.3. The van der Waals surface area contributed by atoms with Gasteiger partial charge in [-0.05, 0) is 65.1 Å². The highest BCUT2D eigenvalue weighted by molar-refractivity contribution is 5.80. The van der Waals surface area contributed by atoms with Gasteiger partial charge in [-0.3, -0.25) is 9.59 Å². The van der Waals surface area contributed by atoms with Gasteiger partial charge >= 0.3 is 0 Å². The number of nitrogens with zero attached hydrogens (tertiary/aromatic N) is 4. The molecule has 0 radical (unpaired) electrons. The van der Waals surface area contributed by atoms with Gasteiger partial charge in [0.25, 0.3) is 0 Å². The summed E-state index contributed by atoms with van der Waals surface area (Å²) in [6.45, 7) is 1.39. The third-order valence-electron chi connectivity index (χ3n) is 10.2. The van der Waals surface area contributed by atoms with Gasteiger partial charge in [0.2, 0.25) is 11.8 Å². The van der Waals surface area contributed by atoms with Crippen LogP contribution in [0.1, 0.15) is 60.5 Å². The minimum atomic E-state index is -0.353. The summed E-state index contributed by atoms with van der Waals surface area (Å²) in [7, 11) is 0. The molecule has 2 N–H and O–H groups in total. The number of H-pyrrole nitrogens is 2. The summed E-state index contributed by atoms with van der Waals surface area (Å²) in [6.07, 6.45) is 7.69. The fraction of sp³-hybridized carbons (Fsp3) is 0.238. The van der Waals surface area contributed by atoms with Gasteiger partial charge in [0, 0.05) is 13.1 Å². The molecule has 6 aromatic rings. The van der Waals surface area contributed by atoms with Crippen molar-refractivity contribution in [1.29, 1.82) is 0 Å². The number of aromatic nitrogens is 4. The molecule has 8 nitrogen and oxygen atoms in total. The molecule has 0 bridgehead atoms. The largest absolute Gasteiger partial charge is 0.340 e. The molecule has 2 aliphatic heterocycles. The molecular formula is C42H39FN6O2. The van der Waals surface area contributed by atoms with Gasteiger partial charge in [-0.1, -0.05) is 97.1 Å². The molecule has 2 aromatic heterocycles. The quantitative estimate of drug-likeness (QED) is 0.162. The van der Waals surface area contributed by atoms with Crippen molar-refractivity contribution >= 4 is 11.8 Å². The van der Waals surface area contributed by atoms with Gasteiger partial charge in [0.05, 0.1) is 48.7 Å². The number of carbonyl (C=O) groups excluding carboxylic acids is 2. The number of likely N-dealkylation sites (tertiary alicyclic amines) is 2. The minimum Gasteiger partial charge on any atom is -0.340 e. The lowest BCUT2D eigenvalue weighted by molar-refractivity contribution is -0.132. The number of hydrogen-bond acceptors (Lipinski definition) is 4. The summed E-state index contributed by atoms with van der Waals surface area (Å²) in [5.74, 6) is 1.28. The zero-order valence-corrected chi connectivity index (χ0v) is 28.3. The molecule has 2 fully saturated rings. The van der Waals surface area contributed by atoms with Crippen molar-refractivity contribution in [3.05, 3.63) is 144 Å². The van der Waals surface area contributed by atoms with Gasteiger partial charge in [-0.2, -0.15) is 0 Å². The van der Waals surface area contributed by atoms with Crippen LogP contribution in [0.15, 0.2) is 116 Å². The average Bonchev–Trinajstić information content (AvgIpc) is 4.00. The van der Waals surface area contributed by atoms with Crippen molar-refractivity contribution in [2.75, 3.05) is 13.1 Å². The molecule has 9 heteroatoms. The monoisotopic (exact) mass is 678 g/mol. The number of imidazole rings is 2. The summed E-state index contributed by atoms with van der Waals surface area (Å²) in [5, 5.41) is 0. The first-order valence-corrected chi connectivity index (χ1v) is 17.7. The lowest BCUT2D eigenvalue weighted by atomic mass is 10.0. The van der Waals surface area contributed by atoms with E-state index in [2.05, 4.69) is 63.5 Å². The molecule has 0 spiro atoms. The number of halogens is 1. The van der Waals surface area contributed by atoms with Crippen LogP contribution in [-0.2, 0) is 22.4 Å². The molecule has 51 heavy (non-hydrogen) atoms. The van der Waals surface area contributed by atoms with Crippen LogP contribution in [-0.4, -0.2) is 54.6 Å². The first-order chi connectivity index (χ1) is 25.0. The van der Waals surface area contributed by atoms with E-state index in [4.69, 9.17) is 4.98 Å². The molecule has 2 aliphatic rings. The maximum Gasteiger partial charge on any atom is 0.227 e. The fourth-order valence-corrected chi connectivity index (χ4v) is 7.47. The Kier molecular flexibility index (Phi) is 9.01. The van der Waals surface area contributed by atoms with E-state index in [1.807, 2.05) is 52.5 Å². The molecular weight excluding hydrogens is 640 g/mol. The van der Waals surface area contributed by atoms with Gasteiger partial charge in [0.15, 0.2) is 0 Å². The molecule has 2 saturated heterocycles. The highest BCUT2D eigenvalue weighted by Crippen LogP contribution is 2.34. The second-order valence-corrected chi connectivity index (χ2v) is 13.4. The number of rotatable bonds is 9. The molecule has 0 saturated carbocycles. The molecule has 0 aliphatic carbocycles. The Bertz CT molecular complexity index is 2140. The molecule has 8 rings (SSSR count). The van der Waals surface area contributed by atoms with Crippen molar-refractivity contribution in [3.63, 3.8) is 0 Å². The average molecular weight is 679 g/mol. The molecule has 4 heterocycles. The molecule has 2 amide bonds. The van der Waals surface area contributed by atoms with E-state index in [9.17, 15) is 14.0 Å². The standard InChI is InChI=1S/C42H39FN6O2/c43-34-11-5-4-10-33(34)25-40(51)49-23-7-13-38(49)42-45-27-36(47-42)32-20-16-30(17-21-32)29-14-18-31(19-15-29)35-26-44-41(46-35)37-12-6-22-48(37)39(50)24-28-8-2-1-3-9-28/h1-5,8-11,14-21,26-27,37-38H,6-7,12-13,22-25H2,(H,44,46)(H,45,47)/t37-,38-/m0/s1. The van der Waals surface area contributed by atoms with Crippen LogP contribution in [0.5, 0.6) is 0 Å². The van der Waals surface area contributed by atoms with Crippen molar-refractivity contribution in [1.82, 2.24) is 29.7 Å². The van der Waals surface area contributed by atoms with E-state index < -0.39 is 0 Å². The van der Waals surface area contributed by atoms with E-state index in [-0.39, 0.29) is 36.1 Å². The van der Waals surface area contributed by atoms with E-state index >= 15 is 0 Å². The van der Waals surface area contributed by atoms with Gasteiger partial charge in [-0.25, -0.2) is 14.4 Å².